The lowest BCUT2D eigenvalue weighted by molar-refractivity contribution is -0.135. The molecule has 0 radical (unpaired) electrons. The molecule has 2 heterocycles. The van der Waals surface area contributed by atoms with E-state index >= 15 is 0 Å². The van der Waals surface area contributed by atoms with Crippen molar-refractivity contribution in [2.75, 3.05) is 52.2 Å². The Morgan fingerprint density at radius 3 is 2.57 bits per heavy atom. The predicted molar refractivity (Wildman–Crippen MR) is 136 cm³/mol. The Hall–Kier alpha value is -0.710. The number of hydrogen-bond acceptors (Lipinski definition) is 4. The van der Waals surface area contributed by atoms with Crippen LogP contribution in [0.1, 0.15) is 25.3 Å². The van der Waals surface area contributed by atoms with Crippen molar-refractivity contribution in [2.45, 2.75) is 31.1 Å². The van der Waals surface area contributed by atoms with E-state index in [0.29, 0.717) is 24.7 Å². The largest absolute Gasteiger partial charge is 0.381 e. The van der Waals surface area contributed by atoms with Gasteiger partial charge in [-0.25, -0.2) is 0 Å². The van der Waals surface area contributed by atoms with E-state index in [1.807, 2.05) is 40.9 Å². The summed E-state index contributed by atoms with van der Waals surface area (Å²) in [7, 11) is 1.79. The second kappa shape index (κ2) is 12.4. The summed E-state index contributed by atoms with van der Waals surface area (Å²) in [4.78, 5) is 21.1. The van der Waals surface area contributed by atoms with Gasteiger partial charge in [-0.05, 0) is 36.3 Å². The van der Waals surface area contributed by atoms with E-state index in [0.717, 1.165) is 56.4 Å². The number of aliphatic imine (C=N–C) groups is 1. The average Bonchev–Trinajstić information content (AvgIpc) is 2.73. The average molecular weight is 567 g/mol. The zero-order chi connectivity index (χ0) is 20.7. The van der Waals surface area contributed by atoms with Gasteiger partial charge in [0.2, 0.25) is 5.91 Å². The molecule has 168 valence electrons. The minimum absolute atomic E-state index is 0. The number of hydrogen-bond donors (Lipinski definition) is 1. The molecule has 1 aromatic carbocycles. The maximum atomic E-state index is 12.7. The first-order chi connectivity index (χ1) is 14.0. The highest BCUT2D eigenvalue weighted by atomic mass is 127. The summed E-state index contributed by atoms with van der Waals surface area (Å²) in [6, 6.07) is 7.68. The molecule has 9 heteroatoms. The summed E-state index contributed by atoms with van der Waals surface area (Å²) in [6.45, 7) is 7.11. The zero-order valence-corrected chi connectivity index (χ0v) is 21.6. The SMILES string of the molecule is CCSC1(CNC(=NC)N2CCN(Cc3ccc(Cl)cc3)C(=O)C2)CCOCC1.I. The number of thioether (sulfide) groups is 1. The molecular weight excluding hydrogens is 535 g/mol. The molecule has 0 bridgehead atoms. The number of carbonyl (C=O) groups is 1. The van der Waals surface area contributed by atoms with E-state index in [4.69, 9.17) is 16.3 Å². The van der Waals surface area contributed by atoms with E-state index in [9.17, 15) is 4.79 Å². The fraction of sp³-hybridized carbons (Fsp3) is 0.619. The summed E-state index contributed by atoms with van der Waals surface area (Å²) in [5, 5.41) is 4.25. The van der Waals surface area contributed by atoms with Gasteiger partial charge in [-0.2, -0.15) is 11.8 Å². The van der Waals surface area contributed by atoms with Gasteiger partial charge in [-0.15, -0.1) is 24.0 Å². The van der Waals surface area contributed by atoms with Crippen molar-refractivity contribution in [2.24, 2.45) is 4.99 Å². The Balaban J connectivity index is 0.00000320. The highest BCUT2D eigenvalue weighted by Gasteiger charge is 2.34. The Morgan fingerprint density at radius 1 is 1.27 bits per heavy atom. The molecule has 2 aliphatic heterocycles. The molecule has 1 amide bonds. The van der Waals surface area contributed by atoms with E-state index in [1.165, 1.54) is 0 Å². The quantitative estimate of drug-likeness (QED) is 0.325. The Morgan fingerprint density at radius 2 is 1.97 bits per heavy atom. The van der Waals surface area contributed by atoms with Crippen molar-refractivity contribution < 1.29 is 9.53 Å². The van der Waals surface area contributed by atoms with Crippen LogP contribution in [0.2, 0.25) is 5.02 Å². The van der Waals surface area contributed by atoms with Crippen LogP contribution in [0.15, 0.2) is 29.3 Å². The summed E-state index contributed by atoms with van der Waals surface area (Å²) < 4.78 is 5.75. The Kier molecular flexibility index (Phi) is 10.5. The van der Waals surface area contributed by atoms with Crippen LogP contribution in [0.5, 0.6) is 0 Å². The molecule has 2 fully saturated rings. The van der Waals surface area contributed by atoms with Crippen LogP contribution >= 0.6 is 47.3 Å². The van der Waals surface area contributed by atoms with Crippen molar-refractivity contribution in [3.05, 3.63) is 34.9 Å². The minimum atomic E-state index is 0. The molecule has 0 unspecified atom stereocenters. The number of ether oxygens (including phenoxy) is 1. The maximum absolute atomic E-state index is 12.7. The van der Waals surface area contributed by atoms with Gasteiger partial charge in [0.25, 0.3) is 0 Å². The lowest BCUT2D eigenvalue weighted by Crippen LogP contribution is -2.56. The van der Waals surface area contributed by atoms with E-state index in [-0.39, 0.29) is 34.6 Å². The van der Waals surface area contributed by atoms with Crippen molar-refractivity contribution in [1.82, 2.24) is 15.1 Å². The van der Waals surface area contributed by atoms with Crippen LogP contribution in [0, 0.1) is 0 Å². The lowest BCUT2D eigenvalue weighted by atomic mass is 9.99. The summed E-state index contributed by atoms with van der Waals surface area (Å²) in [5.74, 6) is 2.02. The van der Waals surface area contributed by atoms with Crippen molar-refractivity contribution in [3.63, 3.8) is 0 Å². The van der Waals surface area contributed by atoms with E-state index in [2.05, 4.69) is 22.1 Å². The van der Waals surface area contributed by atoms with E-state index < -0.39 is 0 Å². The van der Waals surface area contributed by atoms with Gasteiger partial charge in [-0.3, -0.25) is 9.79 Å². The van der Waals surface area contributed by atoms with Gasteiger partial charge in [0.1, 0.15) is 0 Å². The molecule has 6 nitrogen and oxygen atoms in total. The van der Waals surface area contributed by atoms with Crippen molar-refractivity contribution >= 4 is 59.2 Å². The van der Waals surface area contributed by atoms with Crippen LogP contribution in [-0.2, 0) is 16.1 Å². The lowest BCUT2D eigenvalue weighted by Gasteiger charge is -2.39. The van der Waals surface area contributed by atoms with Crippen LogP contribution in [-0.4, -0.2) is 78.6 Å². The number of rotatable bonds is 6. The maximum Gasteiger partial charge on any atom is 0.242 e. The fourth-order valence-electron chi connectivity index (χ4n) is 3.86. The van der Waals surface area contributed by atoms with Crippen LogP contribution < -0.4 is 5.32 Å². The molecular formula is C21H32ClIN4O2S. The van der Waals surface area contributed by atoms with Crippen LogP contribution in [0.3, 0.4) is 0 Å². The number of guanidine groups is 1. The first-order valence-corrected chi connectivity index (χ1v) is 11.6. The molecule has 30 heavy (non-hydrogen) atoms. The molecule has 0 spiro atoms. The van der Waals surface area contributed by atoms with Crippen LogP contribution in [0.25, 0.3) is 0 Å². The number of benzene rings is 1. The van der Waals surface area contributed by atoms with Gasteiger partial charge in [0.15, 0.2) is 5.96 Å². The van der Waals surface area contributed by atoms with Crippen molar-refractivity contribution in [1.29, 1.82) is 0 Å². The third-order valence-electron chi connectivity index (χ3n) is 5.54. The Bertz CT molecular complexity index is 708. The summed E-state index contributed by atoms with van der Waals surface area (Å²) in [5.41, 5.74) is 1.09. The standard InChI is InChI=1S/C21H31ClN4O2S.HI/c1-3-29-21(8-12-28-13-9-21)16-24-20(23-2)26-11-10-25(19(27)15-26)14-17-4-6-18(22)7-5-17;/h4-7H,3,8-16H2,1-2H3,(H,23,24);1H. The number of nitrogens with zero attached hydrogens (tertiary/aromatic N) is 3. The molecule has 1 N–H and O–H groups in total. The monoisotopic (exact) mass is 566 g/mol. The second-order valence-electron chi connectivity index (χ2n) is 7.49. The van der Waals surface area contributed by atoms with Gasteiger partial charge in [0, 0.05) is 56.2 Å². The van der Waals surface area contributed by atoms with E-state index in [1.54, 1.807) is 7.05 Å². The van der Waals surface area contributed by atoms with Gasteiger partial charge in [0.05, 0.1) is 6.54 Å². The Labute approximate surface area is 206 Å². The van der Waals surface area contributed by atoms with Gasteiger partial charge in [-0.1, -0.05) is 30.7 Å². The molecule has 1 aromatic rings. The number of nitrogens with one attached hydrogen (secondary N) is 1. The molecule has 2 aliphatic rings. The highest BCUT2D eigenvalue weighted by Crippen LogP contribution is 2.34. The zero-order valence-electron chi connectivity index (χ0n) is 17.7. The summed E-state index contributed by atoms with van der Waals surface area (Å²) in [6.07, 6.45) is 2.09. The third kappa shape index (κ3) is 6.90. The first-order valence-electron chi connectivity index (χ1n) is 10.2. The number of halogens is 2. The highest BCUT2D eigenvalue weighted by molar-refractivity contribution is 14.0. The number of amides is 1. The van der Waals surface area contributed by atoms with Crippen molar-refractivity contribution in [3.8, 4) is 0 Å². The van der Waals surface area contributed by atoms with Crippen LogP contribution in [0.4, 0.5) is 0 Å². The molecule has 0 aliphatic carbocycles. The topological polar surface area (TPSA) is 57.2 Å². The smallest absolute Gasteiger partial charge is 0.242 e. The number of carbonyl (C=O) groups excluding carboxylic acids is 1. The predicted octanol–water partition coefficient (Wildman–Crippen LogP) is 3.48. The minimum Gasteiger partial charge on any atom is -0.381 e. The molecule has 0 saturated carbocycles. The molecule has 0 aromatic heterocycles. The molecule has 2 saturated heterocycles. The number of piperazine rings is 1. The fourth-order valence-corrected chi connectivity index (χ4v) is 5.23. The molecule has 3 rings (SSSR count). The normalized spacial score (nSPS) is 19.4. The third-order valence-corrected chi connectivity index (χ3v) is 7.25. The first kappa shape index (κ1) is 25.5. The van der Waals surface area contributed by atoms with Gasteiger partial charge >= 0.3 is 0 Å². The molecule has 0 atom stereocenters. The second-order valence-corrected chi connectivity index (χ2v) is 9.66. The summed E-state index contributed by atoms with van der Waals surface area (Å²) >= 11 is 7.95. The van der Waals surface area contributed by atoms with Gasteiger partial charge < -0.3 is 19.9 Å².